The van der Waals surface area contributed by atoms with E-state index in [1.165, 1.54) is 0 Å². The minimum atomic E-state index is 0.869. The fourth-order valence-electron chi connectivity index (χ4n) is 5.53. The summed E-state index contributed by atoms with van der Waals surface area (Å²) < 4.78 is 13.1. The molecule has 0 aliphatic rings. The average molecular weight is 411 g/mol. The predicted molar refractivity (Wildman–Crippen MR) is 126 cm³/mol. The third-order valence-corrected chi connectivity index (χ3v) is 6.77. The van der Waals surface area contributed by atoms with Crippen LogP contribution < -0.4 is 0 Å². The largest absolute Gasteiger partial charge is 0.456 e. The molecule has 5 aromatic heterocycles. The first-order valence-corrected chi connectivity index (χ1v) is 10.6. The monoisotopic (exact) mass is 411 g/mol. The molecule has 0 aliphatic heterocycles. The van der Waals surface area contributed by atoms with Crippen molar-refractivity contribution in [3.8, 4) is 0 Å². The van der Waals surface area contributed by atoms with Crippen LogP contribution in [0.5, 0.6) is 0 Å². The highest BCUT2D eigenvalue weighted by molar-refractivity contribution is 6.23. The van der Waals surface area contributed by atoms with Gasteiger partial charge >= 0.3 is 0 Å². The molecule has 0 spiro atoms. The second kappa shape index (κ2) is 4.84. The molecule has 0 amide bonds. The van der Waals surface area contributed by atoms with Crippen LogP contribution in [0.2, 0.25) is 0 Å². The zero-order chi connectivity index (χ0) is 20.6. The maximum atomic E-state index is 6.36. The molecule has 0 saturated carbocycles. The van der Waals surface area contributed by atoms with Crippen LogP contribution in [0.3, 0.4) is 0 Å². The first kappa shape index (κ1) is 15.3. The molecule has 0 radical (unpaired) electrons. The summed E-state index contributed by atoms with van der Waals surface area (Å²) in [7, 11) is 0. The number of rotatable bonds is 0. The maximum Gasteiger partial charge on any atom is 0.223 e. The second-order valence-electron chi connectivity index (χ2n) is 8.37. The lowest BCUT2D eigenvalue weighted by Crippen LogP contribution is -1.87. The van der Waals surface area contributed by atoms with E-state index in [4.69, 9.17) is 14.4 Å². The summed E-state index contributed by atoms with van der Waals surface area (Å²) in [6.45, 7) is 0. The van der Waals surface area contributed by atoms with Crippen LogP contribution >= 0.6 is 0 Å². The van der Waals surface area contributed by atoms with Gasteiger partial charge in [0.15, 0.2) is 0 Å². The number of aromatic nitrogens is 5. The van der Waals surface area contributed by atoms with Gasteiger partial charge in [0, 0.05) is 11.5 Å². The first-order valence-electron chi connectivity index (χ1n) is 10.6. The van der Waals surface area contributed by atoms with E-state index in [0.29, 0.717) is 0 Å². The number of para-hydroxylation sites is 5. The Hall–Kier alpha value is -4.58. The SMILES string of the molecule is c1ccc2c(c1)nc1n2c2cc3oc4ccccc4c3c3c2n1c1nc2ccccc2n31. The fourth-order valence-corrected chi connectivity index (χ4v) is 5.53. The van der Waals surface area contributed by atoms with E-state index in [1.54, 1.807) is 0 Å². The van der Waals surface area contributed by atoms with Gasteiger partial charge in [-0.3, -0.25) is 8.80 Å². The van der Waals surface area contributed by atoms with Crippen molar-refractivity contribution in [2.75, 3.05) is 0 Å². The molecule has 32 heavy (non-hydrogen) atoms. The van der Waals surface area contributed by atoms with Crippen LogP contribution in [-0.2, 0) is 0 Å². The summed E-state index contributed by atoms with van der Waals surface area (Å²) in [6.07, 6.45) is 0. The molecule has 5 heterocycles. The van der Waals surface area contributed by atoms with Crippen molar-refractivity contribution in [2.24, 2.45) is 0 Å². The van der Waals surface area contributed by atoms with Crippen molar-refractivity contribution in [1.82, 2.24) is 23.2 Å². The molecule has 0 fully saturated rings. The van der Waals surface area contributed by atoms with E-state index in [9.17, 15) is 0 Å². The number of hydrogen-bond donors (Lipinski definition) is 0. The molecule has 0 aliphatic carbocycles. The number of imidazole rings is 4. The van der Waals surface area contributed by atoms with E-state index >= 15 is 0 Å². The molecule has 6 heteroatoms. The van der Waals surface area contributed by atoms with Crippen molar-refractivity contribution in [3.05, 3.63) is 78.9 Å². The first-order chi connectivity index (χ1) is 15.9. The third-order valence-electron chi connectivity index (χ3n) is 6.77. The molecule has 148 valence electrons. The van der Waals surface area contributed by atoms with Crippen molar-refractivity contribution < 1.29 is 4.42 Å². The van der Waals surface area contributed by atoms with Gasteiger partial charge in [-0.2, -0.15) is 0 Å². The molecule has 9 rings (SSSR count). The molecule has 0 unspecified atom stereocenters. The quantitative estimate of drug-likeness (QED) is 0.306. The summed E-state index contributed by atoms with van der Waals surface area (Å²) in [5.74, 6) is 1.74. The molecule has 0 atom stereocenters. The smallest absolute Gasteiger partial charge is 0.223 e. The van der Waals surface area contributed by atoms with E-state index < -0.39 is 0 Å². The van der Waals surface area contributed by atoms with Gasteiger partial charge in [0.25, 0.3) is 0 Å². The summed E-state index contributed by atoms with van der Waals surface area (Å²) in [5.41, 5.74) is 9.16. The second-order valence-corrected chi connectivity index (χ2v) is 8.37. The Labute approximate surface area is 178 Å². The van der Waals surface area contributed by atoms with Gasteiger partial charge in [-0.1, -0.05) is 42.5 Å². The van der Waals surface area contributed by atoms with Crippen LogP contribution in [0.25, 0.3) is 72.1 Å². The van der Waals surface area contributed by atoms with Crippen LogP contribution in [0, 0.1) is 0 Å². The van der Waals surface area contributed by atoms with Crippen LogP contribution in [0.15, 0.2) is 83.3 Å². The Morgan fingerprint density at radius 1 is 0.562 bits per heavy atom. The number of furan rings is 1. The number of nitrogens with zero attached hydrogens (tertiary/aromatic N) is 5. The van der Waals surface area contributed by atoms with Crippen molar-refractivity contribution in [2.45, 2.75) is 0 Å². The van der Waals surface area contributed by atoms with Gasteiger partial charge in [-0.15, -0.1) is 0 Å². The molecule has 6 nitrogen and oxygen atoms in total. The lowest BCUT2D eigenvalue weighted by atomic mass is 10.1. The summed E-state index contributed by atoms with van der Waals surface area (Å²) in [4.78, 5) is 10.0. The molecule has 4 aromatic carbocycles. The normalized spacial score (nSPS) is 13.0. The average Bonchev–Trinajstić information content (AvgIpc) is 3.58. The lowest BCUT2D eigenvalue weighted by molar-refractivity contribution is 0.669. The molecular weight excluding hydrogens is 398 g/mol. The summed E-state index contributed by atoms with van der Waals surface area (Å²) in [6, 6.07) is 26.9. The van der Waals surface area contributed by atoms with Gasteiger partial charge in [-0.05, 0) is 30.3 Å². The van der Waals surface area contributed by atoms with Crippen molar-refractivity contribution in [3.63, 3.8) is 0 Å². The Bertz CT molecular complexity index is 2200. The Morgan fingerprint density at radius 2 is 1.22 bits per heavy atom. The molecule has 9 aromatic rings. The fraction of sp³-hybridized carbons (Fsp3) is 0. The minimum absolute atomic E-state index is 0.869. The van der Waals surface area contributed by atoms with E-state index in [0.717, 1.165) is 72.1 Å². The standard InChI is InChI=1S/C26H13N5O/c1-6-12-20-14(7-1)22-21(32-20)13-19-23-24(22)30-18-11-5-3-9-16(18)28-26(30)31(23)25-27-15-8-2-4-10-17(15)29(19)25/h1-13H. The zero-order valence-corrected chi connectivity index (χ0v) is 16.6. The third kappa shape index (κ3) is 1.50. The number of fused-ring (bicyclic) bond motifs is 14. The van der Waals surface area contributed by atoms with Crippen LogP contribution in [0.4, 0.5) is 0 Å². The molecular formula is C26H13N5O. The zero-order valence-electron chi connectivity index (χ0n) is 16.6. The number of benzene rings is 4. The van der Waals surface area contributed by atoms with Crippen molar-refractivity contribution >= 4 is 72.1 Å². The van der Waals surface area contributed by atoms with Gasteiger partial charge < -0.3 is 4.42 Å². The predicted octanol–water partition coefficient (Wildman–Crippen LogP) is 6.03. The van der Waals surface area contributed by atoms with Crippen molar-refractivity contribution in [1.29, 1.82) is 0 Å². The Morgan fingerprint density at radius 3 is 2.03 bits per heavy atom. The highest BCUT2D eigenvalue weighted by Crippen LogP contribution is 2.41. The Kier molecular flexibility index (Phi) is 2.31. The van der Waals surface area contributed by atoms with E-state index in [2.05, 4.69) is 67.8 Å². The van der Waals surface area contributed by atoms with Gasteiger partial charge in [0.05, 0.1) is 38.5 Å². The maximum absolute atomic E-state index is 6.36. The minimum Gasteiger partial charge on any atom is -0.456 e. The van der Waals surface area contributed by atoms with Crippen LogP contribution in [-0.4, -0.2) is 23.2 Å². The summed E-state index contributed by atoms with van der Waals surface area (Å²) >= 11 is 0. The molecule has 0 saturated heterocycles. The van der Waals surface area contributed by atoms with Gasteiger partial charge in [-0.25, -0.2) is 14.4 Å². The number of hydrogen-bond acceptors (Lipinski definition) is 3. The highest BCUT2D eigenvalue weighted by Gasteiger charge is 2.27. The van der Waals surface area contributed by atoms with E-state index in [1.807, 2.05) is 24.3 Å². The highest BCUT2D eigenvalue weighted by atomic mass is 16.3. The topological polar surface area (TPSA) is 52.2 Å². The van der Waals surface area contributed by atoms with E-state index in [-0.39, 0.29) is 0 Å². The molecule has 0 N–H and O–H groups in total. The summed E-state index contributed by atoms with van der Waals surface area (Å²) in [5, 5.41) is 2.22. The lowest BCUT2D eigenvalue weighted by Gasteiger charge is -2.00. The molecule has 0 bridgehead atoms. The Balaban J connectivity index is 1.74. The van der Waals surface area contributed by atoms with Gasteiger partial charge in [0.2, 0.25) is 11.6 Å². The van der Waals surface area contributed by atoms with Gasteiger partial charge in [0.1, 0.15) is 16.7 Å². The van der Waals surface area contributed by atoms with Crippen LogP contribution in [0.1, 0.15) is 0 Å².